The Balaban J connectivity index is -0.000000333. The number of rotatable bonds is 2. The van der Waals surface area contributed by atoms with Crippen LogP contribution in [0.5, 0.6) is 5.75 Å². The van der Waals surface area contributed by atoms with E-state index in [4.69, 9.17) is 4.74 Å². The number of ether oxygens (including phenoxy) is 1. The van der Waals surface area contributed by atoms with Gasteiger partial charge in [-0.05, 0) is 25.1 Å². The van der Waals surface area contributed by atoms with Crippen LogP contribution in [0.3, 0.4) is 0 Å². The molecule has 0 atom stereocenters. The Hall–Kier alpha value is 0.266. The summed E-state index contributed by atoms with van der Waals surface area (Å²) in [6.45, 7) is 2.69. The molecule has 0 unspecified atom stereocenters. The second-order valence-electron chi connectivity index (χ2n) is 1.89. The summed E-state index contributed by atoms with van der Waals surface area (Å²) in [5.74, 6) is 0.914. The van der Waals surface area contributed by atoms with E-state index in [1.165, 1.54) is 0 Å². The molecule has 0 aliphatic heterocycles. The molecule has 0 aromatic heterocycles. The smallest absolute Gasteiger partial charge is 1.00 e. The summed E-state index contributed by atoms with van der Waals surface area (Å²) in [6, 6.07) is 7.81. The topological polar surface area (TPSA) is 9.23 Å². The summed E-state index contributed by atoms with van der Waals surface area (Å²) in [4.78, 5) is 0. The van der Waals surface area contributed by atoms with Crippen LogP contribution in [0.25, 0.3) is 0 Å². The molecular formula is C8H11BrMgO. The Bertz CT molecular complexity index is 223. The van der Waals surface area contributed by atoms with E-state index in [0.29, 0.717) is 0 Å². The predicted octanol–water partition coefficient (Wildman–Crippen LogP) is 2.69. The van der Waals surface area contributed by atoms with Crippen molar-refractivity contribution in [3.63, 3.8) is 0 Å². The van der Waals surface area contributed by atoms with Gasteiger partial charge in [-0.3, -0.25) is 0 Å². The zero-order valence-electron chi connectivity index (χ0n) is 8.51. The molecule has 0 saturated carbocycles. The molecule has 11 heavy (non-hydrogen) atoms. The molecule has 0 bridgehead atoms. The summed E-state index contributed by atoms with van der Waals surface area (Å²) >= 11 is 3.35. The number of hydrogen-bond acceptors (Lipinski definition) is 1. The van der Waals surface area contributed by atoms with E-state index in [2.05, 4.69) is 15.9 Å². The molecule has 0 N–H and O–H groups in total. The molecule has 0 spiro atoms. The van der Waals surface area contributed by atoms with Crippen molar-refractivity contribution in [2.45, 2.75) is 6.92 Å². The van der Waals surface area contributed by atoms with Crippen LogP contribution in [0.1, 0.15) is 9.78 Å². The SMILES string of the molecule is CCOc1cccc(Br)c1.[H-].[H-].[Mg+2]. The first-order valence-electron chi connectivity index (χ1n) is 3.21. The van der Waals surface area contributed by atoms with Crippen molar-refractivity contribution in [1.29, 1.82) is 0 Å². The van der Waals surface area contributed by atoms with E-state index in [0.717, 1.165) is 16.8 Å². The molecule has 0 heterocycles. The van der Waals surface area contributed by atoms with Crippen molar-refractivity contribution in [2.24, 2.45) is 0 Å². The molecule has 0 aliphatic carbocycles. The Morgan fingerprint density at radius 3 is 2.82 bits per heavy atom. The Morgan fingerprint density at radius 2 is 2.27 bits per heavy atom. The van der Waals surface area contributed by atoms with E-state index in [9.17, 15) is 0 Å². The van der Waals surface area contributed by atoms with Crippen LogP contribution in [0.2, 0.25) is 0 Å². The molecule has 1 nitrogen and oxygen atoms in total. The molecular weight excluding hydrogens is 216 g/mol. The number of halogens is 1. The first-order chi connectivity index (χ1) is 4.83. The molecule has 0 radical (unpaired) electrons. The third kappa shape index (κ3) is 3.99. The van der Waals surface area contributed by atoms with Crippen LogP contribution in [-0.2, 0) is 0 Å². The van der Waals surface area contributed by atoms with Crippen molar-refractivity contribution in [3.05, 3.63) is 28.7 Å². The van der Waals surface area contributed by atoms with E-state index >= 15 is 0 Å². The van der Waals surface area contributed by atoms with E-state index in [1.54, 1.807) is 0 Å². The van der Waals surface area contributed by atoms with Crippen LogP contribution < -0.4 is 4.74 Å². The van der Waals surface area contributed by atoms with Crippen LogP contribution in [0.4, 0.5) is 0 Å². The molecule has 0 aliphatic rings. The Labute approximate surface area is 94.4 Å². The van der Waals surface area contributed by atoms with E-state index in [-0.39, 0.29) is 25.9 Å². The minimum Gasteiger partial charge on any atom is -1.00 e. The fourth-order valence-electron chi connectivity index (χ4n) is 0.723. The zero-order valence-corrected chi connectivity index (χ0v) is 9.51. The van der Waals surface area contributed by atoms with Crippen LogP contribution in [0.15, 0.2) is 28.7 Å². The predicted molar refractivity (Wildman–Crippen MR) is 53.3 cm³/mol. The van der Waals surface area contributed by atoms with Crippen molar-refractivity contribution in [3.8, 4) is 5.75 Å². The summed E-state index contributed by atoms with van der Waals surface area (Å²) < 4.78 is 6.31. The molecule has 0 saturated heterocycles. The number of hydrogen-bond donors (Lipinski definition) is 0. The van der Waals surface area contributed by atoms with Gasteiger partial charge in [0.2, 0.25) is 0 Å². The second-order valence-corrected chi connectivity index (χ2v) is 2.81. The molecule has 3 heteroatoms. The maximum absolute atomic E-state index is 5.26. The molecule has 1 aromatic rings. The zero-order chi connectivity index (χ0) is 7.40. The normalized spacial score (nSPS) is 8.55. The molecule has 58 valence electrons. The fourth-order valence-corrected chi connectivity index (χ4v) is 1.10. The van der Waals surface area contributed by atoms with Gasteiger partial charge in [0.1, 0.15) is 5.75 Å². The van der Waals surface area contributed by atoms with Gasteiger partial charge in [0.05, 0.1) is 6.61 Å². The van der Waals surface area contributed by atoms with Crippen LogP contribution >= 0.6 is 15.9 Å². The average Bonchev–Trinajstić information content (AvgIpc) is 1.88. The molecule has 0 fully saturated rings. The quantitative estimate of drug-likeness (QED) is 0.706. The standard InChI is InChI=1S/C8H9BrO.Mg.2H/c1-2-10-8-5-3-4-7(9)6-8;;;/h3-6H,2H2,1H3;;;/q;+2;2*-1. The summed E-state index contributed by atoms with van der Waals surface area (Å²) in [5.41, 5.74) is 0. The van der Waals surface area contributed by atoms with Crippen molar-refractivity contribution >= 4 is 39.0 Å². The first kappa shape index (κ1) is 11.3. The largest absolute Gasteiger partial charge is 2.00 e. The minimum absolute atomic E-state index is 0. The van der Waals surface area contributed by atoms with Gasteiger partial charge in [-0.1, -0.05) is 22.0 Å². The van der Waals surface area contributed by atoms with Gasteiger partial charge >= 0.3 is 23.1 Å². The Morgan fingerprint density at radius 1 is 1.55 bits per heavy atom. The maximum atomic E-state index is 5.26. The van der Waals surface area contributed by atoms with E-state index in [1.807, 2.05) is 31.2 Å². The van der Waals surface area contributed by atoms with Gasteiger partial charge in [0.15, 0.2) is 0 Å². The second kappa shape index (κ2) is 5.86. The third-order valence-electron chi connectivity index (χ3n) is 1.11. The minimum atomic E-state index is 0. The Kier molecular flexibility index (Phi) is 6.00. The van der Waals surface area contributed by atoms with Crippen LogP contribution in [0, 0.1) is 0 Å². The van der Waals surface area contributed by atoms with Crippen LogP contribution in [-0.4, -0.2) is 29.7 Å². The van der Waals surface area contributed by atoms with Gasteiger partial charge in [0.25, 0.3) is 0 Å². The fraction of sp³-hybridized carbons (Fsp3) is 0.250. The molecule has 1 aromatic carbocycles. The summed E-state index contributed by atoms with van der Waals surface area (Å²) in [5, 5.41) is 0. The van der Waals surface area contributed by atoms with Gasteiger partial charge in [-0.25, -0.2) is 0 Å². The maximum Gasteiger partial charge on any atom is 2.00 e. The van der Waals surface area contributed by atoms with Gasteiger partial charge < -0.3 is 7.59 Å². The first-order valence-corrected chi connectivity index (χ1v) is 4.00. The van der Waals surface area contributed by atoms with Crippen molar-refractivity contribution in [2.75, 3.05) is 6.61 Å². The van der Waals surface area contributed by atoms with Gasteiger partial charge in [-0.2, -0.15) is 0 Å². The molecule has 0 amide bonds. The number of benzene rings is 1. The van der Waals surface area contributed by atoms with E-state index < -0.39 is 0 Å². The van der Waals surface area contributed by atoms with Gasteiger partial charge in [-0.15, -0.1) is 0 Å². The van der Waals surface area contributed by atoms with Crippen molar-refractivity contribution in [1.82, 2.24) is 0 Å². The monoisotopic (exact) mass is 226 g/mol. The molecule has 1 rings (SSSR count). The summed E-state index contributed by atoms with van der Waals surface area (Å²) in [7, 11) is 0. The van der Waals surface area contributed by atoms with Gasteiger partial charge in [0, 0.05) is 4.47 Å². The third-order valence-corrected chi connectivity index (χ3v) is 1.60. The average molecular weight is 227 g/mol. The summed E-state index contributed by atoms with van der Waals surface area (Å²) in [6.07, 6.45) is 0. The van der Waals surface area contributed by atoms with Crippen molar-refractivity contribution < 1.29 is 7.59 Å².